The number of anilines is 1. The molecule has 0 fully saturated rings. The van der Waals surface area contributed by atoms with Gasteiger partial charge in [0.2, 0.25) is 5.91 Å². The Labute approximate surface area is 222 Å². The molecule has 0 saturated carbocycles. The number of hydrogen-bond donors (Lipinski definition) is 1. The van der Waals surface area contributed by atoms with Crippen LogP contribution in [0.1, 0.15) is 78.1 Å². The van der Waals surface area contributed by atoms with Crippen molar-refractivity contribution >= 4 is 32.8 Å². The minimum atomic E-state index is -3.34. The summed E-state index contributed by atoms with van der Waals surface area (Å²) in [4.78, 5) is 15.1. The molecular formula is C29H43N3O4S. The fourth-order valence-electron chi connectivity index (χ4n) is 4.15. The van der Waals surface area contributed by atoms with Crippen LogP contribution in [0.15, 0.2) is 63.7 Å². The molecule has 2 aromatic carbocycles. The van der Waals surface area contributed by atoms with E-state index in [1.807, 2.05) is 31.3 Å². The zero-order valence-corrected chi connectivity index (χ0v) is 23.4. The molecular weight excluding hydrogens is 486 g/mol. The molecule has 0 spiro atoms. The van der Waals surface area contributed by atoms with Crippen molar-refractivity contribution in [3.05, 3.63) is 48.5 Å². The average molecular weight is 530 g/mol. The Morgan fingerprint density at radius 3 is 1.84 bits per heavy atom. The van der Waals surface area contributed by atoms with Crippen molar-refractivity contribution < 1.29 is 18.3 Å². The summed E-state index contributed by atoms with van der Waals surface area (Å²) in [6.07, 6.45) is 9.05. The number of azo groups is 1. The lowest BCUT2D eigenvalue weighted by molar-refractivity contribution is -0.122. The molecule has 0 aromatic heterocycles. The molecule has 2 rings (SSSR count). The molecule has 7 nitrogen and oxygen atoms in total. The number of amides is 1. The molecule has 1 amide bonds. The quantitative estimate of drug-likeness (QED) is 0.171. The number of hydrogen-bond acceptors (Lipinski definition) is 6. The van der Waals surface area contributed by atoms with Crippen LogP contribution in [-0.4, -0.2) is 38.8 Å². The second-order valence-corrected chi connectivity index (χ2v) is 11.7. The van der Waals surface area contributed by atoms with E-state index in [-0.39, 0.29) is 29.1 Å². The smallest absolute Gasteiger partial charge is 0.229 e. The van der Waals surface area contributed by atoms with E-state index in [0.29, 0.717) is 24.2 Å². The van der Waals surface area contributed by atoms with Crippen LogP contribution >= 0.6 is 0 Å². The third kappa shape index (κ3) is 10.4. The van der Waals surface area contributed by atoms with Crippen LogP contribution < -0.4 is 4.90 Å². The third-order valence-corrected chi connectivity index (χ3v) is 8.34. The zero-order chi connectivity index (χ0) is 27.1. The number of carbonyl (C=O) groups excluding carboxylic acids is 1. The molecule has 0 radical (unpaired) electrons. The summed E-state index contributed by atoms with van der Waals surface area (Å²) in [6, 6.07) is 13.8. The first-order valence-corrected chi connectivity index (χ1v) is 15.2. The first-order chi connectivity index (χ1) is 17.8. The fraction of sp³-hybridized carbons (Fsp3) is 0.552. The van der Waals surface area contributed by atoms with E-state index >= 15 is 0 Å². The van der Waals surface area contributed by atoms with Crippen molar-refractivity contribution in [2.75, 3.05) is 24.3 Å². The van der Waals surface area contributed by atoms with Crippen molar-refractivity contribution in [1.82, 2.24) is 0 Å². The van der Waals surface area contributed by atoms with E-state index in [1.54, 1.807) is 29.2 Å². The SMILES string of the molecule is CCCCC(CCCC)C(=O)N(C)c1ccc(N=Nc2ccc(S(=O)(=O)CCCCCCO)cc2)cc1. The second kappa shape index (κ2) is 16.3. The number of carbonyl (C=O) groups is 1. The molecule has 0 atom stereocenters. The van der Waals surface area contributed by atoms with Crippen molar-refractivity contribution in [3.8, 4) is 0 Å². The van der Waals surface area contributed by atoms with Gasteiger partial charge in [-0.05, 0) is 74.2 Å². The molecule has 1 N–H and O–H groups in total. The molecule has 8 heteroatoms. The minimum Gasteiger partial charge on any atom is -0.396 e. The molecule has 2 aromatic rings. The van der Waals surface area contributed by atoms with Crippen LogP contribution in [0.2, 0.25) is 0 Å². The number of rotatable bonds is 17. The molecule has 204 valence electrons. The standard InChI is InChI=1S/C29H43N3O4S/c1-4-6-12-24(13-7-5-2)29(34)32(3)27-18-14-25(15-19-27)30-31-26-16-20-28(21-17-26)37(35,36)23-11-9-8-10-22-33/h14-21,24,33H,4-13,22-23H2,1-3H3. The zero-order valence-electron chi connectivity index (χ0n) is 22.6. The van der Waals surface area contributed by atoms with Gasteiger partial charge >= 0.3 is 0 Å². The Balaban J connectivity index is 1.97. The van der Waals surface area contributed by atoms with Gasteiger partial charge < -0.3 is 10.0 Å². The van der Waals surface area contributed by atoms with Crippen LogP contribution in [0.3, 0.4) is 0 Å². The molecule has 37 heavy (non-hydrogen) atoms. The van der Waals surface area contributed by atoms with Gasteiger partial charge in [0, 0.05) is 25.3 Å². The Morgan fingerprint density at radius 1 is 0.811 bits per heavy atom. The highest BCUT2D eigenvalue weighted by Gasteiger charge is 2.22. The van der Waals surface area contributed by atoms with E-state index in [1.165, 1.54) is 0 Å². The van der Waals surface area contributed by atoms with Crippen LogP contribution in [0.25, 0.3) is 0 Å². The molecule has 0 bridgehead atoms. The van der Waals surface area contributed by atoms with E-state index in [4.69, 9.17) is 5.11 Å². The number of nitrogens with zero attached hydrogens (tertiary/aromatic N) is 3. The maximum Gasteiger partial charge on any atom is 0.229 e. The first kappa shape index (κ1) is 30.6. The molecule has 0 aliphatic rings. The first-order valence-electron chi connectivity index (χ1n) is 13.6. The maximum atomic E-state index is 13.1. The summed E-state index contributed by atoms with van der Waals surface area (Å²) < 4.78 is 25.0. The summed E-state index contributed by atoms with van der Waals surface area (Å²) in [5.41, 5.74) is 2.04. The fourth-order valence-corrected chi connectivity index (χ4v) is 5.52. The summed E-state index contributed by atoms with van der Waals surface area (Å²) in [7, 11) is -1.51. The predicted molar refractivity (Wildman–Crippen MR) is 151 cm³/mol. The van der Waals surface area contributed by atoms with Gasteiger partial charge in [0.1, 0.15) is 0 Å². The van der Waals surface area contributed by atoms with Crippen molar-refractivity contribution in [3.63, 3.8) is 0 Å². The van der Waals surface area contributed by atoms with Gasteiger partial charge in [-0.1, -0.05) is 52.4 Å². The molecule has 0 heterocycles. The summed E-state index contributed by atoms with van der Waals surface area (Å²) in [5.74, 6) is 0.319. The lowest BCUT2D eigenvalue weighted by atomic mass is 9.94. The van der Waals surface area contributed by atoms with E-state index < -0.39 is 9.84 Å². The van der Waals surface area contributed by atoms with E-state index in [2.05, 4.69) is 24.1 Å². The molecule has 0 aliphatic carbocycles. The van der Waals surface area contributed by atoms with Crippen molar-refractivity contribution in [1.29, 1.82) is 0 Å². The minimum absolute atomic E-state index is 0.0577. The number of aliphatic hydroxyl groups is 1. The average Bonchev–Trinajstić information content (AvgIpc) is 2.91. The largest absolute Gasteiger partial charge is 0.396 e. The number of benzene rings is 2. The number of aliphatic hydroxyl groups excluding tert-OH is 1. The Kier molecular flexibility index (Phi) is 13.5. The van der Waals surface area contributed by atoms with Gasteiger partial charge in [0.15, 0.2) is 9.84 Å². The van der Waals surface area contributed by atoms with Crippen molar-refractivity contribution in [2.24, 2.45) is 16.1 Å². The Morgan fingerprint density at radius 2 is 1.32 bits per heavy atom. The lowest BCUT2D eigenvalue weighted by Crippen LogP contribution is -2.33. The van der Waals surface area contributed by atoms with Gasteiger partial charge in [0.25, 0.3) is 0 Å². The molecule has 0 aliphatic heterocycles. The number of sulfone groups is 1. The van der Waals surface area contributed by atoms with Gasteiger partial charge in [-0.2, -0.15) is 10.2 Å². The Bertz CT molecular complexity index is 1060. The van der Waals surface area contributed by atoms with Crippen molar-refractivity contribution in [2.45, 2.75) is 83.0 Å². The maximum absolute atomic E-state index is 13.1. The molecule has 0 saturated heterocycles. The highest BCUT2D eigenvalue weighted by molar-refractivity contribution is 7.91. The lowest BCUT2D eigenvalue weighted by Gasteiger charge is -2.24. The van der Waals surface area contributed by atoms with Crippen LogP contribution in [-0.2, 0) is 14.6 Å². The van der Waals surface area contributed by atoms with E-state index in [9.17, 15) is 13.2 Å². The van der Waals surface area contributed by atoms with Gasteiger partial charge in [0.05, 0.1) is 22.0 Å². The normalized spacial score (nSPS) is 11.9. The summed E-state index contributed by atoms with van der Waals surface area (Å²) in [6.45, 7) is 4.44. The van der Waals surface area contributed by atoms with Gasteiger partial charge in [-0.25, -0.2) is 8.42 Å². The van der Waals surface area contributed by atoms with Crippen LogP contribution in [0.4, 0.5) is 17.1 Å². The van der Waals surface area contributed by atoms with Crippen LogP contribution in [0.5, 0.6) is 0 Å². The van der Waals surface area contributed by atoms with E-state index in [0.717, 1.165) is 57.1 Å². The Hall–Kier alpha value is -2.58. The second-order valence-electron chi connectivity index (χ2n) is 9.55. The molecule has 0 unspecified atom stereocenters. The highest BCUT2D eigenvalue weighted by Crippen LogP contribution is 2.26. The topological polar surface area (TPSA) is 99.4 Å². The summed E-state index contributed by atoms with van der Waals surface area (Å²) in [5, 5.41) is 17.3. The third-order valence-electron chi connectivity index (χ3n) is 6.53. The van der Waals surface area contributed by atoms with Crippen LogP contribution in [0, 0.1) is 5.92 Å². The number of unbranched alkanes of at least 4 members (excludes halogenated alkanes) is 5. The summed E-state index contributed by atoms with van der Waals surface area (Å²) >= 11 is 0. The van der Waals surface area contributed by atoms with Gasteiger partial charge in [-0.3, -0.25) is 4.79 Å². The predicted octanol–water partition coefficient (Wildman–Crippen LogP) is 7.39. The van der Waals surface area contributed by atoms with Gasteiger partial charge in [-0.15, -0.1) is 0 Å². The monoisotopic (exact) mass is 529 g/mol. The highest BCUT2D eigenvalue weighted by atomic mass is 32.2.